The van der Waals surface area contributed by atoms with Crippen molar-refractivity contribution in [2.75, 3.05) is 13.2 Å². The van der Waals surface area contributed by atoms with E-state index in [9.17, 15) is 0 Å². The van der Waals surface area contributed by atoms with Crippen LogP contribution in [0.3, 0.4) is 0 Å². The lowest BCUT2D eigenvalue weighted by molar-refractivity contribution is 0.215. The molecule has 4 nitrogen and oxygen atoms in total. The number of hydrogen-bond acceptors (Lipinski definition) is 4. The second-order valence-corrected chi connectivity index (χ2v) is 4.78. The average molecular weight is 252 g/mol. The molecule has 0 saturated heterocycles. The molecule has 0 radical (unpaired) electrons. The van der Waals surface area contributed by atoms with Gasteiger partial charge in [0.05, 0.1) is 12.7 Å². The maximum Gasteiger partial charge on any atom is 0.256 e. The summed E-state index contributed by atoms with van der Waals surface area (Å²) in [6.07, 6.45) is 2.80. The highest BCUT2D eigenvalue weighted by atomic mass is 16.5. The lowest BCUT2D eigenvalue weighted by atomic mass is 10.3. The predicted octanol–water partition coefficient (Wildman–Crippen LogP) is 2.64. The molecule has 0 amide bonds. The van der Waals surface area contributed by atoms with E-state index in [-0.39, 0.29) is 6.10 Å². The molecule has 0 bridgehead atoms. The Bertz CT molecular complexity index is 340. The van der Waals surface area contributed by atoms with Gasteiger partial charge in [-0.1, -0.05) is 13.8 Å². The van der Waals surface area contributed by atoms with Gasteiger partial charge in [-0.3, -0.25) is 0 Å². The Hall–Kier alpha value is -1.29. The van der Waals surface area contributed by atoms with E-state index in [1.54, 1.807) is 6.20 Å². The predicted molar refractivity (Wildman–Crippen MR) is 73.3 cm³/mol. The monoisotopic (exact) mass is 252 g/mol. The van der Waals surface area contributed by atoms with Gasteiger partial charge < -0.3 is 14.8 Å². The molecule has 0 unspecified atom stereocenters. The minimum absolute atomic E-state index is 0.124. The number of nitrogens with one attached hydrogen (secondary N) is 1. The Morgan fingerprint density at radius 1 is 1.28 bits per heavy atom. The zero-order valence-electron chi connectivity index (χ0n) is 11.8. The summed E-state index contributed by atoms with van der Waals surface area (Å²) in [4.78, 5) is 4.20. The smallest absolute Gasteiger partial charge is 0.256 e. The normalized spacial score (nSPS) is 11.0. The van der Waals surface area contributed by atoms with Crippen molar-refractivity contribution in [3.63, 3.8) is 0 Å². The van der Waals surface area contributed by atoms with E-state index in [1.165, 1.54) is 0 Å². The first-order valence-corrected chi connectivity index (χ1v) is 6.57. The second kappa shape index (κ2) is 7.93. The van der Waals surface area contributed by atoms with E-state index >= 15 is 0 Å². The summed E-state index contributed by atoms with van der Waals surface area (Å²) in [7, 11) is 0. The summed E-state index contributed by atoms with van der Waals surface area (Å²) in [6.45, 7) is 9.84. The molecule has 0 spiro atoms. The highest BCUT2D eigenvalue weighted by Gasteiger charge is 2.07. The molecule has 1 aromatic rings. The maximum absolute atomic E-state index is 5.64. The van der Waals surface area contributed by atoms with Crippen LogP contribution in [0.2, 0.25) is 0 Å². The van der Waals surface area contributed by atoms with Gasteiger partial charge in [-0.2, -0.15) is 0 Å². The molecule has 0 aliphatic carbocycles. The van der Waals surface area contributed by atoms with Crippen molar-refractivity contribution >= 4 is 0 Å². The summed E-state index contributed by atoms with van der Waals surface area (Å²) in [5, 5.41) is 3.35. The van der Waals surface area contributed by atoms with Crippen LogP contribution in [0.4, 0.5) is 0 Å². The lowest BCUT2D eigenvalue weighted by Crippen LogP contribution is -2.24. The molecule has 1 N–H and O–H groups in total. The molecular formula is C14H24N2O2. The van der Waals surface area contributed by atoms with Crippen LogP contribution >= 0.6 is 0 Å². The van der Waals surface area contributed by atoms with Crippen molar-refractivity contribution in [1.82, 2.24) is 10.3 Å². The van der Waals surface area contributed by atoms with Crippen LogP contribution in [-0.4, -0.2) is 30.3 Å². The Balaban J connectivity index is 2.37. The number of ether oxygens (including phenoxy) is 2. The van der Waals surface area contributed by atoms with Gasteiger partial charge in [0.1, 0.15) is 0 Å². The topological polar surface area (TPSA) is 43.4 Å². The van der Waals surface area contributed by atoms with Crippen LogP contribution in [0.1, 0.15) is 34.1 Å². The van der Waals surface area contributed by atoms with Crippen molar-refractivity contribution in [1.29, 1.82) is 0 Å². The first-order chi connectivity index (χ1) is 8.59. The van der Waals surface area contributed by atoms with E-state index in [0.29, 0.717) is 24.3 Å². The van der Waals surface area contributed by atoms with Gasteiger partial charge >= 0.3 is 0 Å². The molecule has 0 aromatic carbocycles. The summed E-state index contributed by atoms with van der Waals surface area (Å²) in [5.74, 6) is 1.29. The van der Waals surface area contributed by atoms with E-state index in [2.05, 4.69) is 24.1 Å². The highest BCUT2D eigenvalue weighted by Crippen LogP contribution is 2.24. The van der Waals surface area contributed by atoms with Crippen LogP contribution < -0.4 is 14.8 Å². The number of aromatic nitrogens is 1. The van der Waals surface area contributed by atoms with E-state index in [4.69, 9.17) is 9.47 Å². The van der Waals surface area contributed by atoms with Crippen molar-refractivity contribution in [2.24, 2.45) is 0 Å². The third-order valence-electron chi connectivity index (χ3n) is 2.21. The van der Waals surface area contributed by atoms with Crippen LogP contribution in [0, 0.1) is 0 Å². The van der Waals surface area contributed by atoms with Gasteiger partial charge in [-0.05, 0) is 38.9 Å². The molecular weight excluding hydrogens is 228 g/mol. The van der Waals surface area contributed by atoms with E-state index < -0.39 is 0 Å². The van der Waals surface area contributed by atoms with Crippen molar-refractivity contribution < 1.29 is 9.47 Å². The molecule has 1 rings (SSSR count). The molecule has 0 atom stereocenters. The van der Waals surface area contributed by atoms with Crippen LogP contribution in [-0.2, 0) is 0 Å². The van der Waals surface area contributed by atoms with Crippen molar-refractivity contribution in [3.05, 3.63) is 18.3 Å². The van der Waals surface area contributed by atoms with Crippen LogP contribution in [0.15, 0.2) is 18.3 Å². The van der Waals surface area contributed by atoms with Crippen molar-refractivity contribution in [3.8, 4) is 11.6 Å². The maximum atomic E-state index is 5.64. The molecule has 18 heavy (non-hydrogen) atoms. The van der Waals surface area contributed by atoms with Gasteiger partial charge in [0.15, 0.2) is 5.75 Å². The van der Waals surface area contributed by atoms with E-state index in [1.807, 2.05) is 26.0 Å². The standard InChI is InChI=1S/C14H24N2O2/c1-11(2)15-9-6-10-17-14-13(18-12(3)4)7-5-8-16-14/h5,7-8,11-12,15H,6,9-10H2,1-4H3. The lowest BCUT2D eigenvalue weighted by Gasteiger charge is -2.14. The molecule has 1 heterocycles. The van der Waals surface area contributed by atoms with Gasteiger partial charge in [0.2, 0.25) is 0 Å². The van der Waals surface area contributed by atoms with Crippen LogP contribution in [0.25, 0.3) is 0 Å². The minimum atomic E-state index is 0.124. The molecule has 1 aromatic heterocycles. The SMILES string of the molecule is CC(C)NCCCOc1ncccc1OC(C)C. The van der Waals surface area contributed by atoms with Crippen molar-refractivity contribution in [2.45, 2.75) is 46.3 Å². The Labute approximate surface area is 110 Å². The molecule has 0 aliphatic heterocycles. The van der Waals surface area contributed by atoms with E-state index in [0.717, 1.165) is 13.0 Å². The molecule has 0 aliphatic rings. The summed E-state index contributed by atoms with van der Waals surface area (Å²) in [5.41, 5.74) is 0. The average Bonchev–Trinajstić information content (AvgIpc) is 2.29. The summed E-state index contributed by atoms with van der Waals surface area (Å²) < 4.78 is 11.3. The third kappa shape index (κ3) is 5.87. The van der Waals surface area contributed by atoms with Gasteiger partial charge in [0, 0.05) is 12.2 Å². The third-order valence-corrected chi connectivity index (χ3v) is 2.21. The highest BCUT2D eigenvalue weighted by molar-refractivity contribution is 5.32. The summed E-state index contributed by atoms with van der Waals surface area (Å²) in [6, 6.07) is 4.25. The summed E-state index contributed by atoms with van der Waals surface area (Å²) >= 11 is 0. The fraction of sp³-hybridized carbons (Fsp3) is 0.643. The number of hydrogen-bond donors (Lipinski definition) is 1. The Morgan fingerprint density at radius 2 is 2.06 bits per heavy atom. The Kier molecular flexibility index (Phi) is 6.50. The largest absolute Gasteiger partial charge is 0.485 e. The van der Waals surface area contributed by atoms with Gasteiger partial charge in [-0.15, -0.1) is 0 Å². The first-order valence-electron chi connectivity index (χ1n) is 6.57. The molecule has 0 fully saturated rings. The quantitative estimate of drug-likeness (QED) is 0.722. The van der Waals surface area contributed by atoms with Gasteiger partial charge in [-0.25, -0.2) is 4.98 Å². The minimum Gasteiger partial charge on any atom is -0.485 e. The zero-order valence-corrected chi connectivity index (χ0v) is 11.8. The molecule has 102 valence electrons. The number of nitrogens with zero attached hydrogens (tertiary/aromatic N) is 1. The molecule has 4 heteroatoms. The van der Waals surface area contributed by atoms with Gasteiger partial charge in [0.25, 0.3) is 5.88 Å². The number of rotatable bonds is 8. The number of pyridine rings is 1. The molecule has 0 saturated carbocycles. The fourth-order valence-electron chi connectivity index (χ4n) is 1.46. The van der Waals surface area contributed by atoms with Crippen LogP contribution in [0.5, 0.6) is 11.6 Å². The fourth-order valence-corrected chi connectivity index (χ4v) is 1.46. The zero-order chi connectivity index (χ0) is 13.4. The Morgan fingerprint density at radius 3 is 2.72 bits per heavy atom. The second-order valence-electron chi connectivity index (χ2n) is 4.78. The first kappa shape index (κ1) is 14.8.